The van der Waals surface area contributed by atoms with Crippen LogP contribution in [0.15, 0.2) is 42.5 Å². The third-order valence-corrected chi connectivity index (χ3v) is 3.87. The minimum Gasteiger partial charge on any atom is -0.374 e. The predicted molar refractivity (Wildman–Crippen MR) is 81.8 cm³/mol. The zero-order chi connectivity index (χ0) is 14.8. The van der Waals surface area contributed by atoms with E-state index in [1.54, 1.807) is 18.2 Å². The minimum atomic E-state index is -0.557. The summed E-state index contributed by atoms with van der Waals surface area (Å²) in [6, 6.07) is 14.1. The summed E-state index contributed by atoms with van der Waals surface area (Å²) >= 11 is 0. The van der Waals surface area contributed by atoms with E-state index < -0.39 is 6.04 Å². The first-order chi connectivity index (χ1) is 10.2. The van der Waals surface area contributed by atoms with Crippen LogP contribution in [0.1, 0.15) is 17.2 Å². The van der Waals surface area contributed by atoms with Crippen LogP contribution in [0.3, 0.4) is 0 Å². The molecule has 0 aromatic heterocycles. The van der Waals surface area contributed by atoms with Crippen LogP contribution in [0.2, 0.25) is 0 Å². The minimum absolute atomic E-state index is 0.348. The molecule has 1 aliphatic rings. The van der Waals surface area contributed by atoms with Gasteiger partial charge in [0.25, 0.3) is 0 Å². The summed E-state index contributed by atoms with van der Waals surface area (Å²) in [5.74, 6) is -0.348. The lowest BCUT2D eigenvalue weighted by molar-refractivity contribution is 0.629. The highest BCUT2D eigenvalue weighted by atomic mass is 19.1. The maximum absolute atomic E-state index is 13.7. The second-order valence-electron chi connectivity index (χ2n) is 5.25. The molecule has 0 bridgehead atoms. The largest absolute Gasteiger partial charge is 0.374 e. The second-order valence-corrected chi connectivity index (χ2v) is 5.25. The number of para-hydroxylation sites is 1. The quantitative estimate of drug-likeness (QED) is 0.936. The Labute approximate surface area is 123 Å². The van der Waals surface area contributed by atoms with Crippen molar-refractivity contribution >= 4 is 11.4 Å². The number of halogens is 1. The zero-order valence-electron chi connectivity index (χ0n) is 11.8. The van der Waals surface area contributed by atoms with Crippen molar-refractivity contribution < 1.29 is 4.39 Å². The number of anilines is 2. The summed E-state index contributed by atoms with van der Waals surface area (Å²) < 4.78 is 13.7. The normalized spacial score (nSPS) is 14.4. The van der Waals surface area contributed by atoms with Crippen molar-refractivity contribution in [3.8, 4) is 6.07 Å². The van der Waals surface area contributed by atoms with Gasteiger partial charge in [0.1, 0.15) is 11.9 Å². The lowest BCUT2D eigenvalue weighted by atomic mass is 10.0. The number of hydrogen-bond acceptors (Lipinski definition) is 3. The summed E-state index contributed by atoms with van der Waals surface area (Å²) in [5, 5.41) is 12.4. The first kappa shape index (κ1) is 13.4. The lowest BCUT2D eigenvalue weighted by Crippen LogP contribution is -2.12. The fourth-order valence-electron chi connectivity index (χ4n) is 2.69. The van der Waals surface area contributed by atoms with Crippen molar-refractivity contribution in [2.24, 2.45) is 0 Å². The molecule has 2 aromatic rings. The summed E-state index contributed by atoms with van der Waals surface area (Å²) in [6.45, 7) is 0.997. The number of nitrogens with zero attached hydrogens (tertiary/aromatic N) is 2. The van der Waals surface area contributed by atoms with Gasteiger partial charge in [-0.3, -0.25) is 0 Å². The van der Waals surface area contributed by atoms with E-state index in [9.17, 15) is 9.65 Å². The SMILES string of the molecule is CN1CCc2cc(C(C#N)Nc3ccccc3F)ccc21. The van der Waals surface area contributed by atoms with Gasteiger partial charge in [0.15, 0.2) is 0 Å². The van der Waals surface area contributed by atoms with Gasteiger partial charge in [-0.1, -0.05) is 24.3 Å². The molecule has 1 N–H and O–H groups in total. The standard InChI is InChI=1S/C17H16FN3/c1-21-9-8-13-10-12(6-7-17(13)21)16(11-19)20-15-5-3-2-4-14(15)18/h2-7,10,16,20H,8-9H2,1H3. The predicted octanol–water partition coefficient (Wildman–Crippen LogP) is 3.49. The monoisotopic (exact) mass is 281 g/mol. The topological polar surface area (TPSA) is 39.1 Å². The van der Waals surface area contributed by atoms with Crippen LogP contribution in [0, 0.1) is 17.1 Å². The van der Waals surface area contributed by atoms with Gasteiger partial charge >= 0.3 is 0 Å². The van der Waals surface area contributed by atoms with Gasteiger partial charge in [-0.05, 0) is 35.7 Å². The molecule has 106 valence electrons. The Balaban J connectivity index is 1.88. The molecule has 1 atom stereocenters. The van der Waals surface area contributed by atoms with E-state index in [4.69, 9.17) is 0 Å². The molecule has 3 nitrogen and oxygen atoms in total. The van der Waals surface area contributed by atoms with E-state index in [0.717, 1.165) is 18.5 Å². The van der Waals surface area contributed by atoms with E-state index >= 15 is 0 Å². The van der Waals surface area contributed by atoms with Crippen molar-refractivity contribution in [2.45, 2.75) is 12.5 Å². The van der Waals surface area contributed by atoms with Crippen LogP contribution in [-0.4, -0.2) is 13.6 Å². The Hall–Kier alpha value is -2.54. The molecule has 0 amide bonds. The summed E-state index contributed by atoms with van der Waals surface area (Å²) in [7, 11) is 2.06. The van der Waals surface area contributed by atoms with E-state index in [2.05, 4.69) is 23.3 Å². The summed E-state index contributed by atoms with van der Waals surface area (Å²) in [6.07, 6.45) is 0.984. The van der Waals surface area contributed by atoms with Crippen LogP contribution in [0.5, 0.6) is 0 Å². The Kier molecular flexibility index (Phi) is 3.49. The molecule has 1 unspecified atom stereocenters. The van der Waals surface area contributed by atoms with Gasteiger partial charge in [-0.15, -0.1) is 0 Å². The maximum Gasteiger partial charge on any atom is 0.146 e. The Morgan fingerprint density at radius 2 is 2.10 bits per heavy atom. The molecule has 1 aliphatic heterocycles. The molecule has 0 saturated heterocycles. The molecule has 0 fully saturated rings. The molecule has 2 aromatic carbocycles. The summed E-state index contributed by atoms with van der Waals surface area (Å²) in [4.78, 5) is 2.20. The number of likely N-dealkylation sites (N-methyl/N-ethyl adjacent to an activating group) is 1. The maximum atomic E-state index is 13.7. The molecule has 4 heteroatoms. The number of benzene rings is 2. The highest BCUT2D eigenvalue weighted by Gasteiger charge is 2.19. The van der Waals surface area contributed by atoms with Crippen LogP contribution in [-0.2, 0) is 6.42 Å². The van der Waals surface area contributed by atoms with E-state index in [1.165, 1.54) is 17.3 Å². The average Bonchev–Trinajstić information content (AvgIpc) is 2.87. The fraction of sp³-hybridized carbons (Fsp3) is 0.235. The van der Waals surface area contributed by atoms with Crippen molar-refractivity contribution in [3.63, 3.8) is 0 Å². The molecule has 1 heterocycles. The Bertz CT molecular complexity index is 705. The first-order valence-electron chi connectivity index (χ1n) is 6.93. The molecule has 0 aliphatic carbocycles. The van der Waals surface area contributed by atoms with Crippen LogP contribution in [0.4, 0.5) is 15.8 Å². The molecule has 0 radical (unpaired) electrons. The van der Waals surface area contributed by atoms with Gasteiger partial charge in [-0.2, -0.15) is 5.26 Å². The van der Waals surface area contributed by atoms with E-state index in [-0.39, 0.29) is 5.82 Å². The third-order valence-electron chi connectivity index (χ3n) is 3.87. The highest BCUT2D eigenvalue weighted by molar-refractivity contribution is 5.60. The van der Waals surface area contributed by atoms with Crippen molar-refractivity contribution in [3.05, 3.63) is 59.4 Å². The number of fused-ring (bicyclic) bond motifs is 1. The molecule has 3 rings (SSSR count). The number of rotatable bonds is 3. The van der Waals surface area contributed by atoms with Crippen LogP contribution >= 0.6 is 0 Å². The van der Waals surface area contributed by atoms with Crippen molar-refractivity contribution in [2.75, 3.05) is 23.8 Å². The van der Waals surface area contributed by atoms with Gasteiger partial charge in [0.2, 0.25) is 0 Å². The van der Waals surface area contributed by atoms with Crippen LogP contribution in [0.25, 0.3) is 0 Å². The van der Waals surface area contributed by atoms with Crippen molar-refractivity contribution in [1.29, 1.82) is 5.26 Å². The van der Waals surface area contributed by atoms with Gasteiger partial charge in [0, 0.05) is 19.3 Å². The van der Waals surface area contributed by atoms with Gasteiger partial charge in [0.05, 0.1) is 11.8 Å². The number of nitrogens with one attached hydrogen (secondary N) is 1. The second kappa shape index (κ2) is 5.45. The van der Waals surface area contributed by atoms with Gasteiger partial charge in [-0.25, -0.2) is 4.39 Å². The molecule has 0 saturated carbocycles. The number of nitriles is 1. The smallest absolute Gasteiger partial charge is 0.146 e. The van der Waals surface area contributed by atoms with Crippen molar-refractivity contribution in [1.82, 2.24) is 0 Å². The highest BCUT2D eigenvalue weighted by Crippen LogP contribution is 2.30. The molecule has 21 heavy (non-hydrogen) atoms. The lowest BCUT2D eigenvalue weighted by Gasteiger charge is -2.16. The Morgan fingerprint density at radius 1 is 1.29 bits per heavy atom. The van der Waals surface area contributed by atoms with E-state index in [0.29, 0.717) is 5.69 Å². The number of hydrogen-bond donors (Lipinski definition) is 1. The Morgan fingerprint density at radius 3 is 2.86 bits per heavy atom. The average molecular weight is 281 g/mol. The van der Waals surface area contributed by atoms with Crippen LogP contribution < -0.4 is 10.2 Å². The molecular weight excluding hydrogens is 265 g/mol. The fourth-order valence-corrected chi connectivity index (χ4v) is 2.69. The molecule has 0 spiro atoms. The summed E-state index contributed by atoms with van der Waals surface area (Å²) in [5.41, 5.74) is 3.67. The molecular formula is C17H16FN3. The third kappa shape index (κ3) is 2.55. The van der Waals surface area contributed by atoms with E-state index in [1.807, 2.05) is 18.2 Å². The zero-order valence-corrected chi connectivity index (χ0v) is 11.8. The van der Waals surface area contributed by atoms with Gasteiger partial charge < -0.3 is 10.2 Å². The first-order valence-corrected chi connectivity index (χ1v) is 6.93.